The molecule has 1 amide bonds. The largest absolute Gasteiger partial charge is 0.355 e. The number of hydrogen-bond acceptors (Lipinski definition) is 3. The molecule has 2 N–H and O–H groups in total. The van der Waals surface area contributed by atoms with E-state index in [0.717, 1.165) is 48.8 Å². The Morgan fingerprint density at radius 2 is 2.50 bits per heavy atom. The highest BCUT2D eigenvalue weighted by molar-refractivity contribution is 9.11. The minimum atomic E-state index is 0.0956. The van der Waals surface area contributed by atoms with Gasteiger partial charge in [-0.1, -0.05) is 0 Å². The molecule has 1 unspecified atom stereocenters. The fourth-order valence-corrected chi connectivity index (χ4v) is 4.59. The summed E-state index contributed by atoms with van der Waals surface area (Å²) in [5.74, 6) is 1.12. The molecule has 0 radical (unpaired) electrons. The molecule has 3 heterocycles. The normalized spacial score (nSPS) is 25.6. The van der Waals surface area contributed by atoms with E-state index in [1.165, 1.54) is 5.56 Å². The molecule has 2 saturated heterocycles. The van der Waals surface area contributed by atoms with Gasteiger partial charge in [0, 0.05) is 45.1 Å². The molecule has 120 valence electrons. The lowest BCUT2D eigenvalue weighted by atomic mass is 9.79. The summed E-state index contributed by atoms with van der Waals surface area (Å²) in [6.45, 7) is 3.48. The quantitative estimate of drug-likeness (QED) is 0.606. The van der Waals surface area contributed by atoms with Gasteiger partial charge in [0.25, 0.3) is 0 Å². The number of rotatable bonds is 2. The third-order valence-corrected chi connectivity index (χ3v) is 5.99. The standard InChI is InChI=1S/C15H21BrN4OS/c1-17-14(18-7-11-5-12(16)22-8-11)20-4-2-3-15(10-20)6-13(21)19-9-15/h5,8H,2-4,6-7,9-10H2,1H3,(H,17,18)(H,19,21). The molecule has 0 aromatic carbocycles. The van der Waals surface area contributed by atoms with Crippen LogP contribution in [0.25, 0.3) is 0 Å². The summed E-state index contributed by atoms with van der Waals surface area (Å²) in [7, 11) is 1.82. The van der Waals surface area contributed by atoms with E-state index >= 15 is 0 Å². The Labute approximate surface area is 143 Å². The minimum absolute atomic E-state index is 0.0956. The average molecular weight is 385 g/mol. The second-order valence-corrected chi connectivity index (χ2v) is 8.43. The molecule has 2 fully saturated rings. The van der Waals surface area contributed by atoms with Crippen molar-refractivity contribution in [2.75, 3.05) is 26.7 Å². The van der Waals surface area contributed by atoms with Crippen LogP contribution in [0.2, 0.25) is 0 Å². The Morgan fingerprint density at radius 1 is 1.64 bits per heavy atom. The zero-order valence-electron chi connectivity index (χ0n) is 12.7. The predicted octanol–water partition coefficient (Wildman–Crippen LogP) is 2.19. The first kappa shape index (κ1) is 15.8. The number of amides is 1. The van der Waals surface area contributed by atoms with Crippen molar-refractivity contribution in [3.63, 3.8) is 0 Å². The lowest BCUT2D eigenvalue weighted by Gasteiger charge is -2.40. The van der Waals surface area contributed by atoms with Crippen LogP contribution in [0.1, 0.15) is 24.8 Å². The van der Waals surface area contributed by atoms with Crippen LogP contribution in [0.15, 0.2) is 20.2 Å². The predicted molar refractivity (Wildman–Crippen MR) is 93.1 cm³/mol. The van der Waals surface area contributed by atoms with Crippen molar-refractivity contribution in [3.8, 4) is 0 Å². The van der Waals surface area contributed by atoms with E-state index in [1.807, 2.05) is 7.05 Å². The maximum absolute atomic E-state index is 11.6. The number of hydrogen-bond donors (Lipinski definition) is 2. The van der Waals surface area contributed by atoms with Gasteiger partial charge < -0.3 is 15.5 Å². The number of guanidine groups is 1. The SMILES string of the molecule is CN=C(NCc1csc(Br)c1)N1CCCC2(CNC(=O)C2)C1. The van der Waals surface area contributed by atoms with E-state index in [-0.39, 0.29) is 11.3 Å². The maximum atomic E-state index is 11.6. The molecule has 3 rings (SSSR count). The molecule has 1 atom stereocenters. The Bertz CT molecular complexity index is 588. The number of likely N-dealkylation sites (tertiary alicyclic amines) is 1. The van der Waals surface area contributed by atoms with Gasteiger partial charge in [-0.15, -0.1) is 11.3 Å². The van der Waals surface area contributed by atoms with Crippen LogP contribution >= 0.6 is 27.3 Å². The third kappa shape index (κ3) is 3.46. The Morgan fingerprint density at radius 3 is 3.14 bits per heavy atom. The Balaban J connectivity index is 1.62. The van der Waals surface area contributed by atoms with Gasteiger partial charge in [0.2, 0.25) is 5.91 Å². The number of aliphatic imine (C=N–C) groups is 1. The van der Waals surface area contributed by atoms with Crippen LogP contribution in [0.3, 0.4) is 0 Å². The van der Waals surface area contributed by atoms with Crippen molar-refractivity contribution in [2.24, 2.45) is 10.4 Å². The van der Waals surface area contributed by atoms with Gasteiger partial charge in [-0.25, -0.2) is 0 Å². The van der Waals surface area contributed by atoms with Gasteiger partial charge in [-0.2, -0.15) is 0 Å². The number of thiophene rings is 1. The van der Waals surface area contributed by atoms with Gasteiger partial charge in [-0.3, -0.25) is 9.79 Å². The number of nitrogens with one attached hydrogen (secondary N) is 2. The molecule has 5 nitrogen and oxygen atoms in total. The van der Waals surface area contributed by atoms with Crippen molar-refractivity contribution in [1.82, 2.24) is 15.5 Å². The first-order valence-corrected chi connectivity index (χ1v) is 9.23. The molecular formula is C15H21BrN4OS. The zero-order valence-corrected chi connectivity index (χ0v) is 15.1. The fourth-order valence-electron chi connectivity index (χ4n) is 3.38. The van der Waals surface area contributed by atoms with Crippen molar-refractivity contribution >= 4 is 39.1 Å². The second kappa shape index (κ2) is 6.58. The lowest BCUT2D eigenvalue weighted by molar-refractivity contribution is -0.119. The van der Waals surface area contributed by atoms with Crippen molar-refractivity contribution < 1.29 is 4.79 Å². The molecule has 1 spiro atoms. The van der Waals surface area contributed by atoms with E-state index in [9.17, 15) is 4.79 Å². The lowest BCUT2D eigenvalue weighted by Crippen LogP contribution is -2.51. The number of piperidine rings is 1. The molecule has 0 saturated carbocycles. The van der Waals surface area contributed by atoms with Crippen molar-refractivity contribution in [3.05, 3.63) is 20.8 Å². The van der Waals surface area contributed by atoms with E-state index in [2.05, 4.69) is 47.9 Å². The molecule has 0 aliphatic carbocycles. The van der Waals surface area contributed by atoms with Gasteiger partial charge in [-0.05, 0) is 45.8 Å². The Kier molecular flexibility index (Phi) is 4.73. The van der Waals surface area contributed by atoms with Gasteiger partial charge in [0.1, 0.15) is 0 Å². The fraction of sp³-hybridized carbons (Fsp3) is 0.600. The van der Waals surface area contributed by atoms with E-state index in [0.29, 0.717) is 6.42 Å². The maximum Gasteiger partial charge on any atom is 0.220 e. The van der Waals surface area contributed by atoms with Gasteiger partial charge in [0.05, 0.1) is 3.79 Å². The smallest absolute Gasteiger partial charge is 0.220 e. The second-order valence-electron chi connectivity index (χ2n) is 6.14. The van der Waals surface area contributed by atoms with Crippen LogP contribution in [-0.2, 0) is 11.3 Å². The highest BCUT2D eigenvalue weighted by Crippen LogP contribution is 2.36. The molecule has 1 aromatic rings. The van der Waals surface area contributed by atoms with Crippen LogP contribution in [0, 0.1) is 5.41 Å². The monoisotopic (exact) mass is 384 g/mol. The topological polar surface area (TPSA) is 56.7 Å². The summed E-state index contributed by atoms with van der Waals surface area (Å²) >= 11 is 5.18. The number of carbonyl (C=O) groups is 1. The zero-order chi connectivity index (χ0) is 15.6. The Hall–Kier alpha value is -1.08. The van der Waals surface area contributed by atoms with E-state index < -0.39 is 0 Å². The molecular weight excluding hydrogens is 364 g/mol. The summed E-state index contributed by atoms with van der Waals surface area (Å²) < 4.78 is 1.15. The molecule has 7 heteroatoms. The summed E-state index contributed by atoms with van der Waals surface area (Å²) in [5, 5.41) is 8.57. The average Bonchev–Trinajstić information content (AvgIpc) is 3.06. The minimum Gasteiger partial charge on any atom is -0.355 e. The summed E-state index contributed by atoms with van der Waals surface area (Å²) in [4.78, 5) is 18.3. The van der Waals surface area contributed by atoms with Crippen LogP contribution in [-0.4, -0.2) is 43.4 Å². The third-order valence-electron chi connectivity index (χ3n) is 4.44. The number of nitrogens with zero attached hydrogens (tertiary/aromatic N) is 2. The molecule has 2 aliphatic rings. The molecule has 0 bridgehead atoms. The van der Waals surface area contributed by atoms with Crippen LogP contribution in [0.4, 0.5) is 0 Å². The van der Waals surface area contributed by atoms with Crippen LogP contribution in [0.5, 0.6) is 0 Å². The number of carbonyl (C=O) groups excluding carboxylic acids is 1. The first-order valence-electron chi connectivity index (χ1n) is 7.55. The summed E-state index contributed by atoms with van der Waals surface area (Å²) in [6, 6.07) is 2.13. The molecule has 22 heavy (non-hydrogen) atoms. The van der Waals surface area contributed by atoms with Crippen molar-refractivity contribution in [1.29, 1.82) is 0 Å². The highest BCUT2D eigenvalue weighted by Gasteiger charge is 2.42. The van der Waals surface area contributed by atoms with Crippen molar-refractivity contribution in [2.45, 2.75) is 25.8 Å². The summed E-state index contributed by atoms with van der Waals surface area (Å²) in [6.07, 6.45) is 2.88. The molecule has 1 aromatic heterocycles. The summed E-state index contributed by atoms with van der Waals surface area (Å²) in [5.41, 5.74) is 1.35. The van der Waals surface area contributed by atoms with Crippen LogP contribution < -0.4 is 10.6 Å². The molecule has 2 aliphatic heterocycles. The van der Waals surface area contributed by atoms with E-state index in [1.54, 1.807) is 11.3 Å². The van der Waals surface area contributed by atoms with Gasteiger partial charge in [0.15, 0.2) is 5.96 Å². The first-order chi connectivity index (χ1) is 10.6. The van der Waals surface area contributed by atoms with Gasteiger partial charge >= 0.3 is 0 Å². The van der Waals surface area contributed by atoms with E-state index in [4.69, 9.17) is 0 Å². The highest BCUT2D eigenvalue weighted by atomic mass is 79.9. The number of halogens is 1.